The van der Waals surface area contributed by atoms with Gasteiger partial charge in [-0.3, -0.25) is 9.48 Å². The molecule has 2 aromatic rings. The number of aryl methyl sites for hydroxylation is 1. The summed E-state index contributed by atoms with van der Waals surface area (Å²) in [6.45, 7) is 1.89. The summed E-state index contributed by atoms with van der Waals surface area (Å²) in [6, 6.07) is 5.96. The van der Waals surface area contributed by atoms with Crippen molar-refractivity contribution in [3.63, 3.8) is 0 Å². The van der Waals surface area contributed by atoms with Crippen molar-refractivity contribution in [3.05, 3.63) is 40.6 Å². The van der Waals surface area contributed by atoms with E-state index >= 15 is 0 Å². The molecule has 1 N–H and O–H groups in total. The van der Waals surface area contributed by atoms with E-state index in [1.54, 1.807) is 12.4 Å². The maximum Gasteiger partial charge on any atom is 0.325 e. The highest BCUT2D eigenvalue weighted by molar-refractivity contribution is 9.10. The van der Waals surface area contributed by atoms with Crippen LogP contribution in [-0.2, 0) is 11.3 Å². The maximum atomic E-state index is 10.6. The van der Waals surface area contributed by atoms with Crippen LogP contribution in [0.5, 0.6) is 0 Å². The first-order valence-electron chi connectivity index (χ1n) is 5.07. The molecule has 1 heterocycles. The van der Waals surface area contributed by atoms with Gasteiger partial charge in [0.25, 0.3) is 0 Å². The van der Waals surface area contributed by atoms with Crippen molar-refractivity contribution in [2.45, 2.75) is 13.5 Å². The van der Waals surface area contributed by atoms with Crippen LogP contribution in [0, 0.1) is 6.92 Å². The molecule has 0 saturated heterocycles. The lowest BCUT2D eigenvalue weighted by Crippen LogP contribution is -2.08. The molecule has 0 atom stereocenters. The van der Waals surface area contributed by atoms with Gasteiger partial charge in [-0.05, 0) is 30.2 Å². The Balaban J connectivity index is 2.33. The third-order valence-corrected chi connectivity index (χ3v) is 2.92. The van der Waals surface area contributed by atoms with Crippen LogP contribution in [0.2, 0.25) is 0 Å². The first kappa shape index (κ1) is 11.9. The summed E-state index contributed by atoms with van der Waals surface area (Å²) in [5.74, 6) is -0.896. The highest BCUT2D eigenvalue weighted by Crippen LogP contribution is 2.25. The number of carboxylic acid groups (broad SMARTS) is 1. The van der Waals surface area contributed by atoms with Crippen molar-refractivity contribution in [2.24, 2.45) is 0 Å². The van der Waals surface area contributed by atoms with Gasteiger partial charge in [0.15, 0.2) is 0 Å². The number of halogens is 1. The van der Waals surface area contributed by atoms with E-state index < -0.39 is 5.97 Å². The Morgan fingerprint density at radius 1 is 1.53 bits per heavy atom. The molecule has 0 fully saturated rings. The van der Waals surface area contributed by atoms with Crippen molar-refractivity contribution in [1.82, 2.24) is 9.78 Å². The van der Waals surface area contributed by atoms with Gasteiger partial charge in [0, 0.05) is 16.2 Å². The van der Waals surface area contributed by atoms with Gasteiger partial charge < -0.3 is 5.11 Å². The molecule has 1 aromatic heterocycles. The van der Waals surface area contributed by atoms with Gasteiger partial charge in [0.1, 0.15) is 6.54 Å². The van der Waals surface area contributed by atoms with Crippen LogP contribution in [-0.4, -0.2) is 20.9 Å². The van der Waals surface area contributed by atoms with Crippen LogP contribution >= 0.6 is 15.9 Å². The number of hydrogen-bond donors (Lipinski definition) is 1. The molecule has 5 heteroatoms. The summed E-state index contributed by atoms with van der Waals surface area (Å²) in [5.41, 5.74) is 3.11. The molecular formula is C12H11BrN2O2. The van der Waals surface area contributed by atoms with E-state index in [2.05, 4.69) is 21.0 Å². The van der Waals surface area contributed by atoms with Crippen LogP contribution < -0.4 is 0 Å². The van der Waals surface area contributed by atoms with E-state index in [9.17, 15) is 4.79 Å². The highest BCUT2D eigenvalue weighted by atomic mass is 79.9. The van der Waals surface area contributed by atoms with Crippen molar-refractivity contribution >= 4 is 21.9 Å². The second kappa shape index (κ2) is 4.71. The molecule has 0 aliphatic carbocycles. The Kier molecular flexibility index (Phi) is 3.28. The lowest BCUT2D eigenvalue weighted by atomic mass is 10.0. The largest absolute Gasteiger partial charge is 0.480 e. The zero-order valence-electron chi connectivity index (χ0n) is 9.22. The van der Waals surface area contributed by atoms with Crippen molar-refractivity contribution in [3.8, 4) is 11.1 Å². The van der Waals surface area contributed by atoms with Gasteiger partial charge in [0.05, 0.1) is 6.20 Å². The Bertz CT molecular complexity index is 563. The summed E-state index contributed by atoms with van der Waals surface area (Å²) >= 11 is 3.41. The number of carboxylic acids is 1. The first-order valence-corrected chi connectivity index (χ1v) is 5.86. The quantitative estimate of drug-likeness (QED) is 0.947. The van der Waals surface area contributed by atoms with Crippen LogP contribution in [0.25, 0.3) is 11.1 Å². The number of hydrogen-bond acceptors (Lipinski definition) is 2. The third kappa shape index (κ3) is 2.74. The first-order chi connectivity index (χ1) is 8.06. The fraction of sp³-hybridized carbons (Fsp3) is 0.167. The van der Waals surface area contributed by atoms with Crippen LogP contribution in [0.1, 0.15) is 5.56 Å². The summed E-state index contributed by atoms with van der Waals surface area (Å²) in [7, 11) is 0. The minimum Gasteiger partial charge on any atom is -0.480 e. The Morgan fingerprint density at radius 3 is 2.94 bits per heavy atom. The summed E-state index contributed by atoms with van der Waals surface area (Å²) < 4.78 is 2.44. The predicted octanol–water partition coefficient (Wildman–Crippen LogP) is 2.71. The molecule has 88 valence electrons. The van der Waals surface area contributed by atoms with Crippen molar-refractivity contribution in [2.75, 3.05) is 0 Å². The lowest BCUT2D eigenvalue weighted by molar-refractivity contribution is -0.137. The standard InChI is InChI=1S/C12H11BrN2O2/c1-8-4-10(13)2-3-11(8)9-5-14-15(6-9)7-12(16)17/h2-6H,7H2,1H3,(H,16,17). The Labute approximate surface area is 107 Å². The van der Waals surface area contributed by atoms with Gasteiger partial charge in [-0.25, -0.2) is 0 Å². The van der Waals surface area contributed by atoms with Gasteiger partial charge in [-0.1, -0.05) is 22.0 Å². The van der Waals surface area contributed by atoms with E-state index in [1.807, 2.05) is 25.1 Å². The number of nitrogens with zero attached hydrogens (tertiary/aromatic N) is 2. The number of aromatic nitrogens is 2. The van der Waals surface area contributed by atoms with E-state index in [0.29, 0.717) is 0 Å². The minimum absolute atomic E-state index is 0.116. The lowest BCUT2D eigenvalue weighted by Gasteiger charge is -2.03. The smallest absolute Gasteiger partial charge is 0.325 e. The van der Waals surface area contributed by atoms with Crippen molar-refractivity contribution in [1.29, 1.82) is 0 Å². The third-order valence-electron chi connectivity index (χ3n) is 2.43. The van der Waals surface area contributed by atoms with Crippen LogP contribution in [0.15, 0.2) is 35.1 Å². The number of rotatable bonds is 3. The molecule has 0 unspecified atom stereocenters. The predicted molar refractivity (Wildman–Crippen MR) is 67.7 cm³/mol. The van der Waals surface area contributed by atoms with E-state index in [0.717, 1.165) is 21.2 Å². The summed E-state index contributed by atoms with van der Waals surface area (Å²) in [6.07, 6.45) is 3.42. The Hall–Kier alpha value is -1.62. The number of aliphatic carboxylic acids is 1. The number of carbonyl (C=O) groups is 1. The monoisotopic (exact) mass is 294 g/mol. The molecule has 0 aliphatic heterocycles. The molecule has 0 aliphatic rings. The molecule has 0 bridgehead atoms. The number of benzene rings is 1. The molecule has 2 rings (SSSR count). The normalized spacial score (nSPS) is 10.5. The average Bonchev–Trinajstić information content (AvgIpc) is 2.65. The Morgan fingerprint density at radius 2 is 2.29 bits per heavy atom. The van der Waals surface area contributed by atoms with Crippen LogP contribution in [0.4, 0.5) is 0 Å². The SMILES string of the molecule is Cc1cc(Br)ccc1-c1cnn(CC(=O)O)c1. The zero-order valence-corrected chi connectivity index (χ0v) is 10.8. The molecule has 17 heavy (non-hydrogen) atoms. The van der Waals surface area contributed by atoms with Gasteiger partial charge in [-0.15, -0.1) is 0 Å². The van der Waals surface area contributed by atoms with Gasteiger partial charge in [-0.2, -0.15) is 5.10 Å². The fourth-order valence-corrected chi connectivity index (χ4v) is 2.15. The van der Waals surface area contributed by atoms with E-state index in [1.165, 1.54) is 4.68 Å². The molecule has 0 radical (unpaired) electrons. The highest BCUT2D eigenvalue weighted by Gasteiger charge is 2.07. The topological polar surface area (TPSA) is 55.1 Å². The molecule has 0 spiro atoms. The van der Waals surface area contributed by atoms with E-state index in [4.69, 9.17) is 5.11 Å². The second-order valence-electron chi connectivity index (χ2n) is 3.78. The second-order valence-corrected chi connectivity index (χ2v) is 4.70. The maximum absolute atomic E-state index is 10.6. The average molecular weight is 295 g/mol. The summed E-state index contributed by atoms with van der Waals surface area (Å²) in [4.78, 5) is 10.6. The van der Waals surface area contributed by atoms with Gasteiger partial charge in [0.2, 0.25) is 0 Å². The zero-order chi connectivity index (χ0) is 12.4. The molecule has 1 aromatic carbocycles. The molecular weight excluding hydrogens is 284 g/mol. The molecule has 4 nitrogen and oxygen atoms in total. The van der Waals surface area contributed by atoms with Gasteiger partial charge >= 0.3 is 5.97 Å². The summed E-state index contributed by atoms with van der Waals surface area (Å²) in [5, 5.41) is 12.7. The van der Waals surface area contributed by atoms with Crippen molar-refractivity contribution < 1.29 is 9.90 Å². The molecule has 0 saturated carbocycles. The molecule has 0 amide bonds. The van der Waals surface area contributed by atoms with Crippen LogP contribution in [0.3, 0.4) is 0 Å². The van der Waals surface area contributed by atoms with E-state index in [-0.39, 0.29) is 6.54 Å². The minimum atomic E-state index is -0.896. The fourth-order valence-electron chi connectivity index (χ4n) is 1.68.